The quantitative estimate of drug-likeness (QED) is 0.416. The van der Waals surface area contributed by atoms with Crippen molar-refractivity contribution in [1.82, 2.24) is 4.98 Å². The molecule has 134 valence electrons. The summed E-state index contributed by atoms with van der Waals surface area (Å²) in [5.41, 5.74) is 0.353. The Bertz CT molecular complexity index is 933. The van der Waals surface area contributed by atoms with Crippen molar-refractivity contribution >= 4 is 16.9 Å². The Morgan fingerprint density at radius 3 is 2.46 bits per heavy atom. The van der Waals surface area contributed by atoms with Gasteiger partial charge in [0.1, 0.15) is 0 Å². The SMILES string of the molecule is CC(C)OC(=O)[C@@](C[N+](=O)[O-])(c1ccccc1)c1c[nH]c2ccccc12. The number of benzene rings is 2. The minimum absolute atomic E-state index is 0.387. The van der Waals surface area contributed by atoms with Crippen molar-refractivity contribution in [3.63, 3.8) is 0 Å². The minimum atomic E-state index is -1.53. The third-order valence-electron chi connectivity index (χ3n) is 4.37. The molecule has 3 aromatic rings. The standard InChI is InChI=1S/C20H20N2O4/c1-14(2)26-19(23)20(13-22(24)25,15-8-4-3-5-9-15)17-12-21-18-11-7-6-10-16(17)18/h3-12,14,21H,13H2,1-2H3/t20-/m0/s1. The molecule has 0 radical (unpaired) electrons. The number of nitrogens with one attached hydrogen (secondary N) is 1. The molecule has 6 heteroatoms. The summed E-state index contributed by atoms with van der Waals surface area (Å²) in [6, 6.07) is 16.2. The maximum absolute atomic E-state index is 13.2. The third kappa shape index (κ3) is 3.06. The number of hydrogen-bond donors (Lipinski definition) is 1. The molecule has 1 heterocycles. The summed E-state index contributed by atoms with van der Waals surface area (Å²) in [6.45, 7) is 2.87. The largest absolute Gasteiger partial charge is 0.462 e. The second-order valence-corrected chi connectivity index (χ2v) is 6.46. The van der Waals surface area contributed by atoms with Crippen molar-refractivity contribution in [3.8, 4) is 0 Å². The molecule has 0 aliphatic rings. The fourth-order valence-electron chi connectivity index (χ4n) is 3.28. The van der Waals surface area contributed by atoms with Crippen LogP contribution in [0, 0.1) is 10.1 Å². The number of para-hydroxylation sites is 1. The second-order valence-electron chi connectivity index (χ2n) is 6.46. The summed E-state index contributed by atoms with van der Waals surface area (Å²) in [4.78, 5) is 27.5. The molecule has 0 saturated carbocycles. The van der Waals surface area contributed by atoms with Crippen LogP contribution in [0.5, 0.6) is 0 Å². The van der Waals surface area contributed by atoms with Crippen LogP contribution < -0.4 is 0 Å². The Kier molecular flexibility index (Phi) is 4.75. The molecule has 0 aliphatic carbocycles. The molecular formula is C20H20N2O4. The molecule has 0 fully saturated rings. The molecule has 6 nitrogen and oxygen atoms in total. The summed E-state index contributed by atoms with van der Waals surface area (Å²) >= 11 is 0. The van der Waals surface area contributed by atoms with Gasteiger partial charge in [0.15, 0.2) is 5.41 Å². The van der Waals surface area contributed by atoms with Crippen molar-refractivity contribution in [1.29, 1.82) is 0 Å². The zero-order valence-electron chi connectivity index (χ0n) is 14.6. The van der Waals surface area contributed by atoms with Crippen LogP contribution in [0.3, 0.4) is 0 Å². The number of nitrogens with zero attached hydrogens (tertiary/aromatic N) is 1. The highest BCUT2D eigenvalue weighted by Crippen LogP contribution is 2.38. The number of esters is 1. The van der Waals surface area contributed by atoms with Crippen LogP contribution in [0.2, 0.25) is 0 Å². The van der Waals surface area contributed by atoms with Crippen LogP contribution in [-0.2, 0) is 14.9 Å². The topological polar surface area (TPSA) is 85.2 Å². The zero-order valence-corrected chi connectivity index (χ0v) is 14.6. The van der Waals surface area contributed by atoms with Crippen molar-refractivity contribution in [2.24, 2.45) is 0 Å². The van der Waals surface area contributed by atoms with Gasteiger partial charge in [-0.1, -0.05) is 48.5 Å². The molecule has 0 aliphatic heterocycles. The molecule has 0 amide bonds. The van der Waals surface area contributed by atoms with Crippen LogP contribution >= 0.6 is 0 Å². The van der Waals surface area contributed by atoms with Crippen LogP contribution in [0.15, 0.2) is 60.8 Å². The van der Waals surface area contributed by atoms with E-state index < -0.39 is 22.9 Å². The lowest BCUT2D eigenvalue weighted by Crippen LogP contribution is -2.45. The smallest absolute Gasteiger partial charge is 0.328 e. The van der Waals surface area contributed by atoms with Gasteiger partial charge in [0.25, 0.3) is 0 Å². The first-order chi connectivity index (χ1) is 12.4. The molecule has 26 heavy (non-hydrogen) atoms. The minimum Gasteiger partial charge on any atom is -0.462 e. The average Bonchev–Trinajstić information content (AvgIpc) is 3.04. The van der Waals surface area contributed by atoms with Crippen molar-refractivity contribution in [3.05, 3.63) is 82.0 Å². The average molecular weight is 352 g/mol. The van der Waals surface area contributed by atoms with E-state index in [1.54, 1.807) is 44.3 Å². The molecule has 0 bridgehead atoms. The first-order valence-corrected chi connectivity index (χ1v) is 8.40. The Morgan fingerprint density at radius 1 is 1.15 bits per heavy atom. The van der Waals surface area contributed by atoms with Gasteiger partial charge in [0, 0.05) is 27.6 Å². The highest BCUT2D eigenvalue weighted by molar-refractivity contribution is 5.95. The number of aromatic amines is 1. The first kappa shape index (κ1) is 17.7. The van der Waals surface area contributed by atoms with Gasteiger partial charge in [-0.2, -0.15) is 0 Å². The maximum atomic E-state index is 13.2. The number of hydrogen-bond acceptors (Lipinski definition) is 4. The molecular weight excluding hydrogens is 332 g/mol. The van der Waals surface area contributed by atoms with Crippen LogP contribution in [-0.4, -0.2) is 28.5 Å². The van der Waals surface area contributed by atoms with E-state index in [-0.39, 0.29) is 6.10 Å². The van der Waals surface area contributed by atoms with Gasteiger partial charge in [-0.15, -0.1) is 0 Å². The van der Waals surface area contributed by atoms with E-state index in [1.807, 2.05) is 30.3 Å². The Morgan fingerprint density at radius 2 is 1.81 bits per heavy atom. The van der Waals surface area contributed by atoms with Gasteiger partial charge in [-0.05, 0) is 25.5 Å². The van der Waals surface area contributed by atoms with E-state index in [0.717, 1.165) is 10.9 Å². The fourth-order valence-corrected chi connectivity index (χ4v) is 3.28. The lowest BCUT2D eigenvalue weighted by atomic mass is 9.74. The van der Waals surface area contributed by atoms with E-state index in [0.29, 0.717) is 11.1 Å². The highest BCUT2D eigenvalue weighted by Gasteiger charge is 2.50. The molecule has 0 saturated heterocycles. The van der Waals surface area contributed by atoms with E-state index >= 15 is 0 Å². The van der Waals surface area contributed by atoms with Crippen molar-refractivity contribution in [2.75, 3.05) is 6.54 Å². The Hall–Kier alpha value is -3.15. The number of carbonyl (C=O) groups is 1. The Balaban J connectivity index is 2.32. The van der Waals surface area contributed by atoms with E-state index in [4.69, 9.17) is 4.74 Å². The van der Waals surface area contributed by atoms with E-state index in [2.05, 4.69) is 4.98 Å². The lowest BCUT2D eigenvalue weighted by Gasteiger charge is -2.29. The molecule has 1 aromatic heterocycles. The third-order valence-corrected chi connectivity index (χ3v) is 4.37. The molecule has 2 aromatic carbocycles. The van der Waals surface area contributed by atoms with Gasteiger partial charge in [0.05, 0.1) is 6.10 Å². The second kappa shape index (κ2) is 7.00. The number of carbonyl (C=O) groups excluding carboxylic acids is 1. The molecule has 1 atom stereocenters. The first-order valence-electron chi connectivity index (χ1n) is 8.40. The molecule has 0 spiro atoms. The van der Waals surface area contributed by atoms with Gasteiger partial charge >= 0.3 is 5.97 Å². The number of ether oxygens (including phenoxy) is 1. The van der Waals surface area contributed by atoms with E-state index in [1.165, 1.54) is 0 Å². The summed E-state index contributed by atoms with van der Waals surface area (Å²) in [6.07, 6.45) is 1.28. The normalized spacial score (nSPS) is 13.5. The van der Waals surface area contributed by atoms with Crippen molar-refractivity contribution < 1.29 is 14.5 Å². The van der Waals surface area contributed by atoms with Crippen LogP contribution in [0.1, 0.15) is 25.0 Å². The highest BCUT2D eigenvalue weighted by atomic mass is 16.6. The number of H-pyrrole nitrogens is 1. The fraction of sp³-hybridized carbons (Fsp3) is 0.250. The van der Waals surface area contributed by atoms with Crippen molar-refractivity contribution in [2.45, 2.75) is 25.4 Å². The van der Waals surface area contributed by atoms with Gasteiger partial charge < -0.3 is 9.72 Å². The molecule has 3 rings (SSSR count). The monoisotopic (exact) mass is 352 g/mol. The zero-order chi connectivity index (χ0) is 18.7. The van der Waals surface area contributed by atoms with E-state index in [9.17, 15) is 14.9 Å². The van der Waals surface area contributed by atoms with Gasteiger partial charge in [-0.25, -0.2) is 0 Å². The number of nitro groups is 1. The maximum Gasteiger partial charge on any atom is 0.328 e. The lowest BCUT2D eigenvalue weighted by molar-refractivity contribution is -0.486. The summed E-state index contributed by atoms with van der Waals surface area (Å²) in [7, 11) is 0. The van der Waals surface area contributed by atoms with Gasteiger partial charge in [0.2, 0.25) is 6.54 Å². The molecule has 1 N–H and O–H groups in total. The number of rotatable bonds is 6. The number of aromatic nitrogens is 1. The predicted octanol–water partition coefficient (Wildman–Crippen LogP) is 3.68. The van der Waals surface area contributed by atoms with Crippen LogP contribution in [0.4, 0.5) is 0 Å². The molecule has 0 unspecified atom stereocenters. The predicted molar refractivity (Wildman–Crippen MR) is 98.6 cm³/mol. The Labute approximate surface area is 150 Å². The summed E-state index contributed by atoms with van der Waals surface area (Å²) < 4.78 is 5.49. The van der Waals surface area contributed by atoms with Crippen LogP contribution in [0.25, 0.3) is 10.9 Å². The van der Waals surface area contributed by atoms with Gasteiger partial charge in [-0.3, -0.25) is 14.9 Å². The summed E-state index contributed by atoms with van der Waals surface area (Å²) in [5.74, 6) is -0.625. The number of fused-ring (bicyclic) bond motifs is 1. The summed E-state index contributed by atoms with van der Waals surface area (Å²) in [5, 5.41) is 12.4.